The van der Waals surface area contributed by atoms with Crippen LogP contribution >= 0.6 is 0 Å². The lowest BCUT2D eigenvalue weighted by molar-refractivity contribution is -0.144. The Morgan fingerprint density at radius 3 is 2.52 bits per heavy atom. The number of hydrogen-bond acceptors (Lipinski definition) is 7. The Labute approximate surface area is 133 Å². The first kappa shape index (κ1) is 17.2. The number of esters is 1. The normalized spacial score (nSPS) is 23.4. The van der Waals surface area contributed by atoms with Gasteiger partial charge in [-0.3, -0.25) is 4.79 Å². The predicted molar refractivity (Wildman–Crippen MR) is 79.0 cm³/mol. The molecule has 7 heteroatoms. The summed E-state index contributed by atoms with van der Waals surface area (Å²) in [5.74, 6) is -1.27. The molecule has 0 radical (unpaired) electrons. The maximum absolute atomic E-state index is 12.2. The standard InChI is InChI=1S/C16H20O7/c1-8(17)4-10(18)7-11-5-9-6-12(21-2)14(19)15(22-3)13(9)16(20)23-11/h5-6,8,10-11,17-18H,4,7H2,1-3H3/t8-,10-,11-/m0/s1. The number of methoxy groups -OCH3 is 2. The third-order valence-corrected chi connectivity index (χ3v) is 3.60. The van der Waals surface area contributed by atoms with Gasteiger partial charge >= 0.3 is 5.97 Å². The molecule has 2 rings (SSSR count). The number of hydrogen-bond donors (Lipinski definition) is 2. The molecule has 0 bridgehead atoms. The number of cyclic esters (lactones) is 1. The van der Waals surface area contributed by atoms with Crippen LogP contribution in [0.15, 0.2) is 34.8 Å². The molecule has 0 fully saturated rings. The lowest BCUT2D eigenvalue weighted by Crippen LogP contribution is -2.32. The van der Waals surface area contributed by atoms with Crippen molar-refractivity contribution in [1.29, 1.82) is 0 Å². The number of rotatable bonds is 6. The molecular formula is C16H20O7. The fourth-order valence-electron chi connectivity index (χ4n) is 2.63. The molecule has 126 valence electrons. The monoisotopic (exact) mass is 324 g/mol. The summed E-state index contributed by atoms with van der Waals surface area (Å²) in [6, 6.07) is 0. The Balaban J connectivity index is 2.30. The van der Waals surface area contributed by atoms with Crippen molar-refractivity contribution in [3.8, 4) is 0 Å². The van der Waals surface area contributed by atoms with E-state index in [2.05, 4.69) is 0 Å². The number of aliphatic hydroxyl groups is 2. The van der Waals surface area contributed by atoms with Gasteiger partial charge < -0.3 is 24.4 Å². The second-order valence-corrected chi connectivity index (χ2v) is 5.49. The number of carbonyl (C=O) groups excluding carboxylic acids is 2. The van der Waals surface area contributed by atoms with Gasteiger partial charge in [0.1, 0.15) is 11.7 Å². The average Bonchev–Trinajstić information content (AvgIpc) is 2.46. The lowest BCUT2D eigenvalue weighted by atomic mass is 9.91. The molecule has 7 nitrogen and oxygen atoms in total. The number of ketones is 1. The molecule has 0 unspecified atom stereocenters. The van der Waals surface area contributed by atoms with Crippen LogP contribution in [0.3, 0.4) is 0 Å². The third-order valence-electron chi connectivity index (χ3n) is 3.60. The molecule has 0 aromatic heterocycles. The minimum absolute atomic E-state index is 0.0552. The fourth-order valence-corrected chi connectivity index (χ4v) is 2.63. The van der Waals surface area contributed by atoms with Crippen LogP contribution in [0.1, 0.15) is 19.8 Å². The Hall–Kier alpha value is -2.12. The van der Waals surface area contributed by atoms with Crippen LogP contribution < -0.4 is 0 Å². The largest absolute Gasteiger partial charge is 0.492 e. The van der Waals surface area contributed by atoms with Crippen LogP contribution in [0.4, 0.5) is 0 Å². The Kier molecular flexibility index (Phi) is 5.23. The molecule has 2 aliphatic rings. The summed E-state index contributed by atoms with van der Waals surface area (Å²) in [6.45, 7) is 1.57. The summed E-state index contributed by atoms with van der Waals surface area (Å²) in [5.41, 5.74) is 0.517. The zero-order valence-corrected chi connectivity index (χ0v) is 13.2. The number of aliphatic hydroxyl groups excluding tert-OH is 2. The highest BCUT2D eigenvalue weighted by Crippen LogP contribution is 2.33. The predicted octanol–water partition coefficient (Wildman–Crippen LogP) is 0.374. The van der Waals surface area contributed by atoms with Crippen LogP contribution in [0, 0.1) is 0 Å². The minimum atomic E-state index is -0.812. The molecule has 3 atom stereocenters. The van der Waals surface area contributed by atoms with Gasteiger partial charge in [0.05, 0.1) is 26.4 Å². The van der Waals surface area contributed by atoms with Crippen molar-refractivity contribution in [2.24, 2.45) is 0 Å². The quantitative estimate of drug-likeness (QED) is 0.681. The summed E-state index contributed by atoms with van der Waals surface area (Å²) in [5, 5.41) is 19.2. The maximum atomic E-state index is 12.2. The van der Waals surface area contributed by atoms with E-state index in [0.29, 0.717) is 5.57 Å². The molecule has 0 amide bonds. The molecule has 1 heterocycles. The highest BCUT2D eigenvalue weighted by molar-refractivity contribution is 6.15. The van der Waals surface area contributed by atoms with Crippen LogP contribution in [0.5, 0.6) is 0 Å². The molecule has 0 saturated heterocycles. The third kappa shape index (κ3) is 3.62. The number of allylic oxidation sites excluding steroid dienone is 1. The molecule has 23 heavy (non-hydrogen) atoms. The van der Waals surface area contributed by atoms with Crippen molar-refractivity contribution >= 4 is 11.8 Å². The molecule has 1 aliphatic heterocycles. The lowest BCUT2D eigenvalue weighted by Gasteiger charge is -2.27. The number of Topliss-reactive ketones (excluding diaryl/α,β-unsaturated/α-hetero) is 1. The first-order valence-corrected chi connectivity index (χ1v) is 7.25. The minimum Gasteiger partial charge on any atom is -0.492 e. The fraction of sp³-hybridized carbons (Fsp3) is 0.500. The van der Waals surface area contributed by atoms with Crippen molar-refractivity contribution in [1.82, 2.24) is 0 Å². The molecule has 1 aliphatic carbocycles. The summed E-state index contributed by atoms with van der Waals surface area (Å²) in [4.78, 5) is 24.3. The van der Waals surface area contributed by atoms with E-state index >= 15 is 0 Å². The SMILES string of the molecule is COC1=CC2=C[C@@H](C[C@@H](O)C[C@H](C)O)OC(=O)C2=C(OC)C1=O. The summed E-state index contributed by atoms with van der Waals surface area (Å²) in [6.07, 6.45) is 1.30. The second kappa shape index (κ2) is 6.97. The van der Waals surface area contributed by atoms with E-state index in [-0.39, 0.29) is 29.9 Å². The van der Waals surface area contributed by atoms with E-state index in [0.717, 1.165) is 0 Å². The van der Waals surface area contributed by atoms with Gasteiger partial charge in [0.15, 0.2) is 11.5 Å². The second-order valence-electron chi connectivity index (χ2n) is 5.49. The Bertz CT molecular complexity index is 598. The van der Waals surface area contributed by atoms with Crippen LogP contribution in [0.2, 0.25) is 0 Å². The number of ether oxygens (including phenoxy) is 3. The average molecular weight is 324 g/mol. The zero-order chi connectivity index (χ0) is 17.1. The van der Waals surface area contributed by atoms with Gasteiger partial charge in [-0.2, -0.15) is 0 Å². The van der Waals surface area contributed by atoms with Crippen molar-refractivity contribution in [3.05, 3.63) is 34.8 Å². The van der Waals surface area contributed by atoms with Crippen molar-refractivity contribution in [2.75, 3.05) is 14.2 Å². The van der Waals surface area contributed by atoms with Gasteiger partial charge in [-0.1, -0.05) is 0 Å². The van der Waals surface area contributed by atoms with Gasteiger partial charge in [-0.15, -0.1) is 0 Å². The summed E-state index contributed by atoms with van der Waals surface area (Å²) in [7, 11) is 2.65. The first-order valence-electron chi connectivity index (χ1n) is 7.25. The zero-order valence-electron chi connectivity index (χ0n) is 13.2. The van der Waals surface area contributed by atoms with E-state index in [1.165, 1.54) is 20.3 Å². The smallest absolute Gasteiger partial charge is 0.343 e. The molecule has 2 N–H and O–H groups in total. The highest BCUT2D eigenvalue weighted by Gasteiger charge is 2.37. The number of fused-ring (bicyclic) bond motifs is 1. The van der Waals surface area contributed by atoms with Gasteiger partial charge in [-0.05, 0) is 31.1 Å². The van der Waals surface area contributed by atoms with Crippen molar-refractivity contribution in [3.63, 3.8) is 0 Å². The van der Waals surface area contributed by atoms with E-state index < -0.39 is 30.1 Å². The van der Waals surface area contributed by atoms with Gasteiger partial charge in [0.25, 0.3) is 5.78 Å². The molecule has 0 aromatic carbocycles. The van der Waals surface area contributed by atoms with E-state index in [9.17, 15) is 19.8 Å². The van der Waals surface area contributed by atoms with E-state index in [1.807, 2.05) is 0 Å². The maximum Gasteiger partial charge on any atom is 0.343 e. The molecular weight excluding hydrogens is 304 g/mol. The Morgan fingerprint density at radius 2 is 1.96 bits per heavy atom. The topological polar surface area (TPSA) is 102 Å². The van der Waals surface area contributed by atoms with Gasteiger partial charge in [0.2, 0.25) is 0 Å². The van der Waals surface area contributed by atoms with E-state index in [4.69, 9.17) is 14.2 Å². The number of carbonyl (C=O) groups is 2. The van der Waals surface area contributed by atoms with Gasteiger partial charge in [-0.25, -0.2) is 4.79 Å². The summed E-state index contributed by atoms with van der Waals surface area (Å²) >= 11 is 0. The molecule has 0 saturated carbocycles. The van der Waals surface area contributed by atoms with Crippen molar-refractivity contribution in [2.45, 2.75) is 38.1 Å². The molecule has 0 spiro atoms. The van der Waals surface area contributed by atoms with Gasteiger partial charge in [0, 0.05) is 6.42 Å². The molecule has 0 aromatic rings. The first-order chi connectivity index (χ1) is 10.9. The van der Waals surface area contributed by atoms with Crippen LogP contribution in [-0.2, 0) is 23.8 Å². The van der Waals surface area contributed by atoms with Crippen LogP contribution in [0.25, 0.3) is 0 Å². The van der Waals surface area contributed by atoms with Crippen LogP contribution in [-0.4, -0.2) is 54.5 Å². The highest BCUT2D eigenvalue weighted by atomic mass is 16.5. The Morgan fingerprint density at radius 1 is 1.26 bits per heavy atom. The van der Waals surface area contributed by atoms with Crippen molar-refractivity contribution < 1.29 is 34.0 Å². The summed E-state index contributed by atoms with van der Waals surface area (Å²) < 4.78 is 15.3. The van der Waals surface area contributed by atoms with E-state index in [1.54, 1.807) is 13.0 Å².